The van der Waals surface area contributed by atoms with E-state index in [1.54, 1.807) is 5.32 Å². The van der Waals surface area contributed by atoms with E-state index in [1.165, 1.54) is 12.4 Å². The molecule has 2 N–H and O–H groups in total. The molecule has 1 unspecified atom stereocenters. The maximum atomic E-state index is 11.3. The minimum atomic E-state index is -1.76. The first-order valence-electron chi connectivity index (χ1n) is 4.05. The number of hydrogen-bond donors (Lipinski definition) is 2. The number of carboxylic acid groups (broad SMARTS) is 1. The van der Waals surface area contributed by atoms with E-state index in [1.807, 2.05) is 0 Å². The summed E-state index contributed by atoms with van der Waals surface area (Å²) in [5.74, 6) is -2.83. The zero-order valence-corrected chi connectivity index (χ0v) is 7.86. The molecule has 0 saturated carbocycles. The zero-order valence-electron chi connectivity index (χ0n) is 7.86. The van der Waals surface area contributed by atoms with Gasteiger partial charge in [-0.15, -0.1) is 0 Å². The van der Waals surface area contributed by atoms with Gasteiger partial charge in [0.15, 0.2) is 0 Å². The van der Waals surface area contributed by atoms with Gasteiger partial charge in [-0.25, -0.2) is 14.6 Å². The number of nitrogens with one attached hydrogen (secondary N) is 1. The molecule has 16 heavy (non-hydrogen) atoms. The van der Waals surface area contributed by atoms with Crippen LogP contribution in [0.2, 0.25) is 0 Å². The molecule has 1 amide bonds. The molecule has 1 heterocycles. The first-order valence-corrected chi connectivity index (χ1v) is 4.05. The predicted octanol–water partition coefficient (Wildman–Crippen LogP) is -1.42. The Labute approximate surface area is 89.3 Å². The van der Waals surface area contributed by atoms with Crippen LogP contribution in [0.25, 0.3) is 0 Å². The number of aliphatic carboxylic acids is 1. The number of esters is 1. The molecule has 1 atom stereocenters. The number of carbonyl (C=O) groups is 3. The minimum Gasteiger partial charge on any atom is -0.479 e. The molecular formula is C8H7N3O5. The quantitative estimate of drug-likeness (QED) is 0.358. The Balaban J connectivity index is 2.69. The fourth-order valence-corrected chi connectivity index (χ4v) is 0.808. The lowest BCUT2D eigenvalue weighted by Crippen LogP contribution is -2.45. The van der Waals surface area contributed by atoms with Crippen molar-refractivity contribution >= 4 is 18.3 Å². The molecule has 0 fully saturated rings. The van der Waals surface area contributed by atoms with Crippen LogP contribution in [0.5, 0.6) is 5.88 Å². The van der Waals surface area contributed by atoms with Crippen LogP contribution >= 0.6 is 0 Å². The predicted molar refractivity (Wildman–Crippen MR) is 48.3 cm³/mol. The molecule has 0 aliphatic carbocycles. The van der Waals surface area contributed by atoms with Gasteiger partial charge in [-0.2, -0.15) is 0 Å². The molecule has 84 valence electrons. The van der Waals surface area contributed by atoms with Crippen molar-refractivity contribution in [1.82, 2.24) is 15.3 Å². The Hall–Kier alpha value is -2.51. The third-order valence-corrected chi connectivity index (χ3v) is 1.46. The molecule has 0 aliphatic rings. The monoisotopic (exact) mass is 225 g/mol. The van der Waals surface area contributed by atoms with E-state index in [2.05, 4.69) is 14.7 Å². The van der Waals surface area contributed by atoms with Crippen LogP contribution in [0.4, 0.5) is 0 Å². The highest BCUT2D eigenvalue weighted by Crippen LogP contribution is 2.02. The lowest BCUT2D eigenvalue weighted by atomic mass is 10.3. The second-order valence-corrected chi connectivity index (χ2v) is 2.52. The molecule has 1 aromatic rings. The van der Waals surface area contributed by atoms with Gasteiger partial charge >= 0.3 is 11.9 Å². The lowest BCUT2D eigenvalue weighted by molar-refractivity contribution is -0.150. The average molecular weight is 225 g/mol. The Bertz CT molecular complexity index is 394. The van der Waals surface area contributed by atoms with E-state index in [-0.39, 0.29) is 12.3 Å². The molecule has 0 aliphatic heterocycles. The fraction of sp³-hybridized carbons (Fsp3) is 0.125. The number of ether oxygens (including phenoxy) is 1. The molecule has 1 aromatic heterocycles. The van der Waals surface area contributed by atoms with Crippen LogP contribution in [0.1, 0.15) is 0 Å². The van der Waals surface area contributed by atoms with E-state index < -0.39 is 18.0 Å². The number of hydrogen-bond acceptors (Lipinski definition) is 6. The summed E-state index contributed by atoms with van der Waals surface area (Å²) in [7, 11) is 0. The van der Waals surface area contributed by atoms with Crippen LogP contribution in [0.15, 0.2) is 18.6 Å². The van der Waals surface area contributed by atoms with E-state index in [0.717, 1.165) is 6.20 Å². The summed E-state index contributed by atoms with van der Waals surface area (Å²) in [6.45, 7) is 0. The van der Waals surface area contributed by atoms with Crippen molar-refractivity contribution < 1.29 is 24.2 Å². The molecule has 8 heteroatoms. The topological polar surface area (TPSA) is 118 Å². The van der Waals surface area contributed by atoms with Gasteiger partial charge in [0.25, 0.3) is 0 Å². The number of carboxylic acids is 1. The Morgan fingerprint density at radius 2 is 2.25 bits per heavy atom. The average Bonchev–Trinajstić information content (AvgIpc) is 2.26. The highest BCUT2D eigenvalue weighted by atomic mass is 16.5. The molecule has 8 nitrogen and oxygen atoms in total. The van der Waals surface area contributed by atoms with Crippen LogP contribution in [-0.4, -0.2) is 39.5 Å². The number of rotatable bonds is 5. The summed E-state index contributed by atoms with van der Waals surface area (Å²) < 4.78 is 4.58. The maximum absolute atomic E-state index is 11.3. The van der Waals surface area contributed by atoms with Gasteiger partial charge in [0.05, 0.1) is 6.20 Å². The van der Waals surface area contributed by atoms with Crippen molar-refractivity contribution in [3.8, 4) is 5.88 Å². The Morgan fingerprint density at radius 1 is 1.50 bits per heavy atom. The molecule has 1 rings (SSSR count). The van der Waals surface area contributed by atoms with Crippen molar-refractivity contribution in [3.63, 3.8) is 0 Å². The van der Waals surface area contributed by atoms with Gasteiger partial charge in [0, 0.05) is 12.4 Å². The van der Waals surface area contributed by atoms with Crippen LogP contribution in [0.3, 0.4) is 0 Å². The van der Waals surface area contributed by atoms with Gasteiger partial charge in [-0.3, -0.25) is 9.78 Å². The van der Waals surface area contributed by atoms with Crippen molar-refractivity contribution in [2.45, 2.75) is 6.04 Å². The molecule has 0 aromatic carbocycles. The van der Waals surface area contributed by atoms with Gasteiger partial charge in [-0.05, 0) is 0 Å². The summed E-state index contributed by atoms with van der Waals surface area (Å²) in [5.41, 5.74) is 0. The Morgan fingerprint density at radius 3 is 2.75 bits per heavy atom. The van der Waals surface area contributed by atoms with E-state index in [9.17, 15) is 14.4 Å². The van der Waals surface area contributed by atoms with Crippen molar-refractivity contribution in [2.75, 3.05) is 0 Å². The number of aromatic nitrogens is 2. The minimum absolute atomic E-state index is 0.0940. The van der Waals surface area contributed by atoms with Gasteiger partial charge in [0.2, 0.25) is 18.3 Å². The maximum Gasteiger partial charge on any atom is 0.347 e. The SMILES string of the molecule is O=CNC(C(=O)O)C(=O)Oc1cnccn1. The highest BCUT2D eigenvalue weighted by Gasteiger charge is 2.28. The first kappa shape index (κ1) is 11.6. The third-order valence-electron chi connectivity index (χ3n) is 1.46. The van der Waals surface area contributed by atoms with Crippen LogP contribution in [0, 0.1) is 0 Å². The first-order chi connectivity index (χ1) is 7.65. The van der Waals surface area contributed by atoms with Crippen LogP contribution in [-0.2, 0) is 14.4 Å². The molecule has 0 saturated heterocycles. The van der Waals surface area contributed by atoms with Gasteiger partial charge < -0.3 is 15.2 Å². The molecule has 0 spiro atoms. The summed E-state index contributed by atoms with van der Waals surface area (Å²) in [4.78, 5) is 39.1. The van der Waals surface area contributed by atoms with Crippen LogP contribution < -0.4 is 10.1 Å². The molecular weight excluding hydrogens is 218 g/mol. The van der Waals surface area contributed by atoms with Gasteiger partial charge in [-0.1, -0.05) is 0 Å². The largest absolute Gasteiger partial charge is 0.479 e. The van der Waals surface area contributed by atoms with Crippen molar-refractivity contribution in [2.24, 2.45) is 0 Å². The molecule has 0 bridgehead atoms. The number of nitrogens with zero attached hydrogens (tertiary/aromatic N) is 2. The van der Waals surface area contributed by atoms with E-state index in [4.69, 9.17) is 5.11 Å². The second kappa shape index (κ2) is 5.39. The van der Waals surface area contributed by atoms with Gasteiger partial charge in [0.1, 0.15) is 0 Å². The fourth-order valence-electron chi connectivity index (χ4n) is 0.808. The standard InChI is InChI=1S/C8H7N3O5/c12-4-11-6(7(13)14)8(15)16-5-3-9-1-2-10-5/h1-4,6H,(H,11,12)(H,13,14). The summed E-state index contributed by atoms with van der Waals surface area (Å²) in [5, 5.41) is 10.4. The van der Waals surface area contributed by atoms with Crippen molar-refractivity contribution in [3.05, 3.63) is 18.6 Å². The highest BCUT2D eigenvalue weighted by molar-refractivity contribution is 6.00. The van der Waals surface area contributed by atoms with E-state index in [0.29, 0.717) is 0 Å². The zero-order chi connectivity index (χ0) is 12.0. The second-order valence-electron chi connectivity index (χ2n) is 2.52. The number of amides is 1. The normalized spacial score (nSPS) is 11.2. The summed E-state index contributed by atoms with van der Waals surface area (Å²) in [6.07, 6.45) is 3.86. The lowest BCUT2D eigenvalue weighted by Gasteiger charge is -2.09. The summed E-state index contributed by atoms with van der Waals surface area (Å²) >= 11 is 0. The summed E-state index contributed by atoms with van der Waals surface area (Å²) in [6, 6.07) is -1.76. The smallest absolute Gasteiger partial charge is 0.347 e. The number of carbonyl (C=O) groups excluding carboxylic acids is 2. The molecule has 0 radical (unpaired) electrons. The van der Waals surface area contributed by atoms with Crippen molar-refractivity contribution in [1.29, 1.82) is 0 Å². The Kier molecular flexibility index (Phi) is 3.90. The van der Waals surface area contributed by atoms with E-state index >= 15 is 0 Å². The third kappa shape index (κ3) is 3.01.